The summed E-state index contributed by atoms with van der Waals surface area (Å²) in [5.74, 6) is -1.93. The van der Waals surface area contributed by atoms with Crippen LogP contribution in [0.25, 0.3) is 0 Å². The van der Waals surface area contributed by atoms with Gasteiger partial charge in [0.25, 0.3) is 5.91 Å². The van der Waals surface area contributed by atoms with Crippen LogP contribution in [0.1, 0.15) is 26.3 Å². The summed E-state index contributed by atoms with van der Waals surface area (Å²) in [6.45, 7) is 1.58. The molecule has 0 spiro atoms. The molecule has 0 radical (unpaired) electrons. The molecule has 2 N–H and O–H groups in total. The number of nitrogens with one attached hydrogen (secondary N) is 1. The van der Waals surface area contributed by atoms with E-state index in [1.165, 1.54) is 38.5 Å². The predicted octanol–water partition coefficient (Wildman–Crippen LogP) is 3.10. The number of ether oxygens (including phenoxy) is 2. The van der Waals surface area contributed by atoms with Gasteiger partial charge in [0.2, 0.25) is 0 Å². The number of methoxy groups -OCH3 is 2. The lowest BCUT2D eigenvalue weighted by molar-refractivity contribution is 0.0697. The summed E-state index contributed by atoms with van der Waals surface area (Å²) < 4.78 is 23.7. The van der Waals surface area contributed by atoms with E-state index in [4.69, 9.17) is 9.47 Å². The van der Waals surface area contributed by atoms with Crippen LogP contribution in [0.5, 0.6) is 11.5 Å². The minimum Gasteiger partial charge on any atom is -0.493 e. The molecule has 0 aliphatic carbocycles. The first kappa shape index (κ1) is 17.3. The van der Waals surface area contributed by atoms with Crippen molar-refractivity contribution in [1.82, 2.24) is 0 Å². The highest BCUT2D eigenvalue weighted by Gasteiger charge is 2.19. The van der Waals surface area contributed by atoms with Gasteiger partial charge in [-0.15, -0.1) is 0 Å². The van der Waals surface area contributed by atoms with Crippen LogP contribution in [-0.2, 0) is 0 Å². The van der Waals surface area contributed by atoms with Gasteiger partial charge in [0.1, 0.15) is 5.82 Å². The molecule has 0 aliphatic heterocycles. The van der Waals surface area contributed by atoms with Crippen molar-refractivity contribution in [3.63, 3.8) is 0 Å². The first-order valence-corrected chi connectivity index (χ1v) is 6.94. The zero-order valence-electron chi connectivity index (χ0n) is 13.3. The van der Waals surface area contributed by atoms with E-state index >= 15 is 0 Å². The number of carbonyl (C=O) groups is 2. The molecule has 0 bridgehead atoms. The van der Waals surface area contributed by atoms with Gasteiger partial charge in [0, 0.05) is 17.7 Å². The molecular formula is C17H16FNO5. The second-order valence-corrected chi connectivity index (χ2v) is 4.98. The van der Waals surface area contributed by atoms with Gasteiger partial charge >= 0.3 is 5.97 Å². The maximum Gasteiger partial charge on any atom is 0.337 e. The van der Waals surface area contributed by atoms with Gasteiger partial charge < -0.3 is 19.9 Å². The number of aryl methyl sites for hydroxylation is 1. The number of anilines is 1. The molecule has 0 unspecified atom stereocenters. The topological polar surface area (TPSA) is 84.9 Å². The molecule has 0 atom stereocenters. The van der Waals surface area contributed by atoms with Crippen LogP contribution in [0.15, 0.2) is 30.3 Å². The zero-order valence-corrected chi connectivity index (χ0v) is 13.3. The van der Waals surface area contributed by atoms with Gasteiger partial charge in [-0.2, -0.15) is 0 Å². The van der Waals surface area contributed by atoms with Gasteiger partial charge in [-0.3, -0.25) is 4.79 Å². The SMILES string of the molecule is COc1cc(NC(=O)c2ccc(C)c(F)c2)c(C(=O)O)cc1OC. The van der Waals surface area contributed by atoms with E-state index in [1.54, 1.807) is 6.92 Å². The number of benzene rings is 2. The van der Waals surface area contributed by atoms with Crippen LogP contribution in [0, 0.1) is 12.7 Å². The molecule has 0 aromatic heterocycles. The van der Waals surface area contributed by atoms with Crippen LogP contribution >= 0.6 is 0 Å². The van der Waals surface area contributed by atoms with Crippen molar-refractivity contribution in [1.29, 1.82) is 0 Å². The maximum atomic E-state index is 13.6. The molecule has 1 amide bonds. The molecule has 126 valence electrons. The third kappa shape index (κ3) is 3.45. The molecule has 6 nitrogen and oxygen atoms in total. The number of hydrogen-bond acceptors (Lipinski definition) is 4. The summed E-state index contributed by atoms with van der Waals surface area (Å²) in [5, 5.41) is 11.8. The van der Waals surface area contributed by atoms with Crippen LogP contribution in [0.3, 0.4) is 0 Å². The molecule has 0 saturated carbocycles. The largest absolute Gasteiger partial charge is 0.493 e. The van der Waals surface area contributed by atoms with Crippen molar-refractivity contribution >= 4 is 17.6 Å². The highest BCUT2D eigenvalue weighted by molar-refractivity contribution is 6.08. The highest BCUT2D eigenvalue weighted by Crippen LogP contribution is 2.33. The fourth-order valence-corrected chi connectivity index (χ4v) is 2.09. The Hall–Kier alpha value is -3.09. The van der Waals surface area contributed by atoms with E-state index in [9.17, 15) is 19.1 Å². The molecule has 2 aromatic carbocycles. The number of rotatable bonds is 5. The zero-order chi connectivity index (χ0) is 17.9. The number of halogens is 1. The predicted molar refractivity (Wildman–Crippen MR) is 85.6 cm³/mol. The number of aromatic carboxylic acids is 1. The van der Waals surface area contributed by atoms with Crippen molar-refractivity contribution in [2.24, 2.45) is 0 Å². The summed E-state index contributed by atoms with van der Waals surface area (Å²) in [6.07, 6.45) is 0. The fraction of sp³-hybridized carbons (Fsp3) is 0.176. The quantitative estimate of drug-likeness (QED) is 0.878. The normalized spacial score (nSPS) is 10.2. The highest BCUT2D eigenvalue weighted by atomic mass is 19.1. The van der Waals surface area contributed by atoms with Crippen LogP contribution in [-0.4, -0.2) is 31.2 Å². The van der Waals surface area contributed by atoms with Gasteiger partial charge in [-0.05, 0) is 24.6 Å². The van der Waals surface area contributed by atoms with E-state index in [1.807, 2.05) is 0 Å². The average Bonchev–Trinajstić information content (AvgIpc) is 2.56. The number of hydrogen-bond donors (Lipinski definition) is 2. The number of carbonyl (C=O) groups excluding carboxylic acids is 1. The molecule has 0 saturated heterocycles. The van der Waals surface area contributed by atoms with Crippen molar-refractivity contribution in [3.05, 3.63) is 52.8 Å². The summed E-state index contributed by atoms with van der Waals surface area (Å²) in [4.78, 5) is 23.7. The summed E-state index contributed by atoms with van der Waals surface area (Å²) in [7, 11) is 2.76. The lowest BCUT2D eigenvalue weighted by Gasteiger charge is -2.14. The number of amides is 1. The molecule has 7 heteroatoms. The second kappa shape index (κ2) is 6.99. The lowest BCUT2D eigenvalue weighted by atomic mass is 10.1. The van der Waals surface area contributed by atoms with Crippen molar-refractivity contribution in [2.45, 2.75) is 6.92 Å². The Labute approximate surface area is 137 Å². The summed E-state index contributed by atoms with van der Waals surface area (Å²) in [6, 6.07) is 6.59. The Balaban J connectivity index is 2.41. The van der Waals surface area contributed by atoms with Crippen molar-refractivity contribution in [3.8, 4) is 11.5 Å². The third-order valence-corrected chi connectivity index (χ3v) is 3.44. The van der Waals surface area contributed by atoms with Gasteiger partial charge in [0.05, 0.1) is 25.5 Å². The standard InChI is InChI=1S/C17H16FNO5/c1-9-4-5-10(6-12(9)18)16(20)19-13-8-15(24-3)14(23-2)7-11(13)17(21)22/h4-8H,1-3H3,(H,19,20)(H,21,22). The lowest BCUT2D eigenvalue weighted by Crippen LogP contribution is -2.15. The average molecular weight is 333 g/mol. The van der Waals surface area contributed by atoms with E-state index in [-0.39, 0.29) is 28.3 Å². The smallest absolute Gasteiger partial charge is 0.337 e. The van der Waals surface area contributed by atoms with E-state index in [0.29, 0.717) is 5.56 Å². The molecular weight excluding hydrogens is 317 g/mol. The van der Waals surface area contributed by atoms with Gasteiger partial charge in [0.15, 0.2) is 11.5 Å². The number of carboxylic acids is 1. The first-order chi connectivity index (χ1) is 11.4. The van der Waals surface area contributed by atoms with Crippen LogP contribution < -0.4 is 14.8 Å². The van der Waals surface area contributed by atoms with Gasteiger partial charge in [-0.1, -0.05) is 6.07 Å². The summed E-state index contributed by atoms with van der Waals surface area (Å²) in [5.41, 5.74) is 0.327. The van der Waals surface area contributed by atoms with E-state index in [2.05, 4.69) is 5.32 Å². The first-order valence-electron chi connectivity index (χ1n) is 6.94. The summed E-state index contributed by atoms with van der Waals surface area (Å²) >= 11 is 0. The molecule has 0 aliphatic rings. The Morgan fingerprint density at radius 3 is 2.25 bits per heavy atom. The Bertz CT molecular complexity index is 804. The van der Waals surface area contributed by atoms with Crippen LogP contribution in [0.4, 0.5) is 10.1 Å². The molecule has 2 rings (SSSR count). The van der Waals surface area contributed by atoms with Crippen molar-refractivity contribution in [2.75, 3.05) is 19.5 Å². The van der Waals surface area contributed by atoms with Crippen molar-refractivity contribution < 1.29 is 28.6 Å². The molecule has 2 aromatic rings. The minimum absolute atomic E-state index is 0.0196. The van der Waals surface area contributed by atoms with Crippen LogP contribution in [0.2, 0.25) is 0 Å². The molecule has 0 heterocycles. The Kier molecular flexibility index (Phi) is 5.03. The fourth-order valence-electron chi connectivity index (χ4n) is 2.09. The van der Waals surface area contributed by atoms with E-state index < -0.39 is 17.7 Å². The molecule has 24 heavy (non-hydrogen) atoms. The monoisotopic (exact) mass is 333 g/mol. The Morgan fingerprint density at radius 2 is 1.71 bits per heavy atom. The van der Waals surface area contributed by atoms with E-state index in [0.717, 1.165) is 6.07 Å². The number of carboxylic acid groups (broad SMARTS) is 1. The minimum atomic E-state index is -1.25. The maximum absolute atomic E-state index is 13.6. The Morgan fingerprint density at radius 1 is 1.08 bits per heavy atom. The third-order valence-electron chi connectivity index (χ3n) is 3.44. The molecule has 0 fully saturated rings. The second-order valence-electron chi connectivity index (χ2n) is 4.98. The van der Waals surface area contributed by atoms with Gasteiger partial charge in [-0.25, -0.2) is 9.18 Å².